The van der Waals surface area contributed by atoms with E-state index in [9.17, 15) is 4.79 Å². The van der Waals surface area contributed by atoms with Gasteiger partial charge in [0.2, 0.25) is 0 Å². The Bertz CT molecular complexity index is 607. The number of ether oxygens (including phenoxy) is 1. The quantitative estimate of drug-likeness (QED) is 0.579. The van der Waals surface area contributed by atoms with E-state index in [-0.39, 0.29) is 0 Å². The van der Waals surface area contributed by atoms with Gasteiger partial charge < -0.3 is 10.1 Å². The summed E-state index contributed by atoms with van der Waals surface area (Å²) in [6.45, 7) is 4.82. The number of anilines is 1. The van der Waals surface area contributed by atoms with Crippen molar-refractivity contribution in [1.82, 2.24) is 5.48 Å². The summed E-state index contributed by atoms with van der Waals surface area (Å²) in [7, 11) is 0. The van der Waals surface area contributed by atoms with Gasteiger partial charge >= 0.3 is 6.03 Å². The fraction of sp³-hybridized carbons (Fsp3) is 0.235. The predicted molar refractivity (Wildman–Crippen MR) is 85.2 cm³/mol. The molecule has 2 aromatic rings. The van der Waals surface area contributed by atoms with Crippen molar-refractivity contribution >= 4 is 11.7 Å². The molecule has 0 atom stereocenters. The maximum atomic E-state index is 10.9. The number of carbonyl (C=O) groups is 1. The van der Waals surface area contributed by atoms with Gasteiger partial charge in [0.15, 0.2) is 0 Å². The molecule has 22 heavy (non-hydrogen) atoms. The first-order chi connectivity index (χ1) is 10.6. The highest BCUT2D eigenvalue weighted by Crippen LogP contribution is 2.18. The number of hydroxylamine groups is 1. The molecule has 0 fully saturated rings. The number of urea groups is 1. The lowest BCUT2D eigenvalue weighted by molar-refractivity contribution is 0.172. The highest BCUT2D eigenvalue weighted by molar-refractivity contribution is 5.88. The van der Waals surface area contributed by atoms with E-state index in [1.165, 1.54) is 11.0 Å². The molecular weight excluding hydrogens is 280 g/mol. The fourth-order valence-electron chi connectivity index (χ4n) is 1.96. The van der Waals surface area contributed by atoms with Crippen molar-refractivity contribution < 1.29 is 14.7 Å². The average Bonchev–Trinajstić information content (AvgIpc) is 2.54. The topological polar surface area (TPSA) is 70.6 Å². The van der Waals surface area contributed by atoms with Crippen LogP contribution in [0.15, 0.2) is 48.5 Å². The molecule has 2 rings (SSSR count). The first kappa shape index (κ1) is 15.9. The Balaban J connectivity index is 1.90. The zero-order valence-electron chi connectivity index (χ0n) is 12.7. The monoisotopic (exact) mass is 300 g/mol. The van der Waals surface area contributed by atoms with Crippen molar-refractivity contribution in [2.45, 2.75) is 26.4 Å². The smallest absolute Gasteiger partial charge is 0.342 e. The molecule has 0 saturated carbocycles. The zero-order chi connectivity index (χ0) is 15.9. The molecule has 0 aliphatic heterocycles. The van der Waals surface area contributed by atoms with Crippen LogP contribution in [0.25, 0.3) is 0 Å². The number of benzene rings is 2. The third kappa shape index (κ3) is 4.49. The van der Waals surface area contributed by atoms with E-state index in [1.54, 1.807) is 24.3 Å². The maximum Gasteiger partial charge on any atom is 0.342 e. The van der Waals surface area contributed by atoms with E-state index in [1.807, 2.05) is 0 Å². The van der Waals surface area contributed by atoms with Gasteiger partial charge in [0.25, 0.3) is 0 Å². The van der Waals surface area contributed by atoms with Gasteiger partial charge in [-0.25, -0.2) is 10.3 Å². The van der Waals surface area contributed by atoms with E-state index >= 15 is 0 Å². The second-order valence-electron chi connectivity index (χ2n) is 5.28. The summed E-state index contributed by atoms with van der Waals surface area (Å²) in [4.78, 5) is 10.9. The van der Waals surface area contributed by atoms with Crippen molar-refractivity contribution in [3.05, 3.63) is 59.7 Å². The molecule has 0 aliphatic carbocycles. The molecule has 0 bridgehead atoms. The minimum Gasteiger partial charge on any atom is -0.489 e. The maximum absolute atomic E-state index is 10.9. The van der Waals surface area contributed by atoms with Gasteiger partial charge in [-0.15, -0.1) is 0 Å². The molecule has 0 unspecified atom stereocenters. The van der Waals surface area contributed by atoms with Crippen LogP contribution in [0.2, 0.25) is 0 Å². The van der Waals surface area contributed by atoms with Gasteiger partial charge in [-0.1, -0.05) is 38.1 Å². The van der Waals surface area contributed by atoms with Crippen LogP contribution in [0.1, 0.15) is 30.9 Å². The summed E-state index contributed by atoms with van der Waals surface area (Å²) < 4.78 is 5.70. The van der Waals surface area contributed by atoms with Gasteiger partial charge in [-0.05, 0) is 41.3 Å². The largest absolute Gasteiger partial charge is 0.489 e. The third-order valence-corrected chi connectivity index (χ3v) is 3.27. The Labute approximate surface area is 129 Å². The summed E-state index contributed by atoms with van der Waals surface area (Å²) in [5.74, 6) is 1.23. The van der Waals surface area contributed by atoms with Gasteiger partial charge in [0.1, 0.15) is 12.4 Å². The molecule has 116 valence electrons. The zero-order valence-corrected chi connectivity index (χ0v) is 12.7. The molecule has 5 heteroatoms. The lowest BCUT2D eigenvalue weighted by atomic mass is 10.0. The van der Waals surface area contributed by atoms with Gasteiger partial charge in [-0.2, -0.15) is 0 Å². The molecule has 2 amide bonds. The SMILES string of the molecule is CC(C)c1ccc(COc2ccc(NC(=O)NO)cc2)cc1. The van der Waals surface area contributed by atoms with Crippen LogP contribution in [0.5, 0.6) is 5.75 Å². The Morgan fingerprint density at radius 3 is 2.27 bits per heavy atom. The van der Waals surface area contributed by atoms with Gasteiger partial charge in [0, 0.05) is 5.69 Å². The van der Waals surface area contributed by atoms with E-state index in [4.69, 9.17) is 9.94 Å². The first-order valence-electron chi connectivity index (χ1n) is 7.11. The summed E-state index contributed by atoms with van der Waals surface area (Å²) in [5, 5.41) is 10.9. The predicted octanol–water partition coefficient (Wildman–Crippen LogP) is 3.90. The summed E-state index contributed by atoms with van der Waals surface area (Å²) in [6.07, 6.45) is 0. The highest BCUT2D eigenvalue weighted by atomic mass is 16.5. The van der Waals surface area contributed by atoms with E-state index in [2.05, 4.69) is 43.4 Å². The number of nitrogens with one attached hydrogen (secondary N) is 2. The van der Waals surface area contributed by atoms with Crippen LogP contribution >= 0.6 is 0 Å². The Morgan fingerprint density at radius 2 is 1.73 bits per heavy atom. The molecule has 0 saturated heterocycles. The molecule has 3 N–H and O–H groups in total. The van der Waals surface area contributed by atoms with Crippen molar-refractivity contribution in [1.29, 1.82) is 0 Å². The fourth-order valence-corrected chi connectivity index (χ4v) is 1.96. The Morgan fingerprint density at radius 1 is 1.09 bits per heavy atom. The minimum absolute atomic E-state index is 0.488. The van der Waals surface area contributed by atoms with Crippen LogP contribution in [-0.4, -0.2) is 11.2 Å². The lowest BCUT2D eigenvalue weighted by Gasteiger charge is -2.09. The Kier molecular flexibility index (Phi) is 5.38. The van der Waals surface area contributed by atoms with Gasteiger partial charge in [-0.3, -0.25) is 5.21 Å². The van der Waals surface area contributed by atoms with Crippen molar-refractivity contribution in [3.8, 4) is 5.75 Å². The molecule has 2 aromatic carbocycles. The number of hydrogen-bond acceptors (Lipinski definition) is 3. The van der Waals surface area contributed by atoms with Crippen molar-refractivity contribution in [3.63, 3.8) is 0 Å². The highest BCUT2D eigenvalue weighted by Gasteiger charge is 2.02. The number of hydrogen-bond donors (Lipinski definition) is 3. The van der Waals surface area contributed by atoms with Crippen LogP contribution in [0.3, 0.4) is 0 Å². The first-order valence-corrected chi connectivity index (χ1v) is 7.11. The van der Waals surface area contributed by atoms with Crippen molar-refractivity contribution in [2.75, 3.05) is 5.32 Å². The summed E-state index contributed by atoms with van der Waals surface area (Å²) >= 11 is 0. The van der Waals surface area contributed by atoms with Gasteiger partial charge in [0.05, 0.1) is 0 Å². The number of amides is 2. The average molecular weight is 300 g/mol. The standard InChI is InChI=1S/C17H20N2O3/c1-12(2)14-5-3-13(4-6-14)11-22-16-9-7-15(8-10-16)18-17(20)19-21/h3-10,12,21H,11H2,1-2H3,(H2,18,19,20). The second-order valence-corrected chi connectivity index (χ2v) is 5.28. The molecular formula is C17H20N2O3. The van der Waals surface area contributed by atoms with Crippen LogP contribution in [0.4, 0.5) is 10.5 Å². The molecule has 0 radical (unpaired) electrons. The van der Waals surface area contributed by atoms with Crippen LogP contribution in [-0.2, 0) is 6.61 Å². The van der Waals surface area contributed by atoms with E-state index in [0.717, 1.165) is 5.56 Å². The normalized spacial score (nSPS) is 10.4. The molecule has 0 spiro atoms. The van der Waals surface area contributed by atoms with Crippen LogP contribution in [0, 0.1) is 0 Å². The Hall–Kier alpha value is -2.53. The summed E-state index contributed by atoms with van der Waals surface area (Å²) in [6, 6.07) is 14.6. The lowest BCUT2D eigenvalue weighted by Crippen LogP contribution is -2.24. The third-order valence-electron chi connectivity index (χ3n) is 3.27. The summed E-state index contributed by atoms with van der Waals surface area (Å²) in [5.41, 5.74) is 4.49. The minimum atomic E-state index is -0.682. The van der Waals surface area contributed by atoms with E-state index in [0.29, 0.717) is 24.0 Å². The molecule has 0 aliphatic rings. The molecule has 0 heterocycles. The van der Waals surface area contributed by atoms with Crippen LogP contribution < -0.4 is 15.5 Å². The van der Waals surface area contributed by atoms with E-state index < -0.39 is 6.03 Å². The molecule has 5 nitrogen and oxygen atoms in total. The van der Waals surface area contributed by atoms with Crippen molar-refractivity contribution in [2.24, 2.45) is 0 Å². The number of rotatable bonds is 5. The second kappa shape index (κ2) is 7.47. The number of carbonyl (C=O) groups excluding carboxylic acids is 1. The molecule has 0 aromatic heterocycles.